The summed E-state index contributed by atoms with van der Waals surface area (Å²) < 4.78 is 12.3. The molecule has 0 saturated carbocycles. The first-order valence-electron chi connectivity index (χ1n) is 11.6. The molecule has 196 valence electrons. The molecule has 0 spiro atoms. The second kappa shape index (κ2) is 13.5. The van der Waals surface area contributed by atoms with Crippen LogP contribution < -0.4 is 14.8 Å². The number of nitrogens with one attached hydrogen (secondary N) is 1. The van der Waals surface area contributed by atoms with Crippen LogP contribution in [-0.2, 0) is 18.0 Å². The molecule has 0 saturated heterocycles. The Morgan fingerprint density at radius 3 is 2.21 bits per heavy atom. The number of halogens is 4. The minimum atomic E-state index is -0.525. The summed E-state index contributed by atoms with van der Waals surface area (Å²) in [7, 11) is 0. The van der Waals surface area contributed by atoms with E-state index in [1.54, 1.807) is 66.7 Å². The zero-order valence-corrected chi connectivity index (χ0v) is 24.1. The van der Waals surface area contributed by atoms with E-state index in [1.807, 2.05) is 24.3 Å². The largest absolute Gasteiger partial charge is 0.489 e. The summed E-state index contributed by atoms with van der Waals surface area (Å²) in [6.45, 7) is 0.681. The van der Waals surface area contributed by atoms with E-state index in [1.165, 1.54) is 6.08 Å². The smallest absolute Gasteiger partial charge is 0.266 e. The number of carbonyl (C=O) groups excluding carboxylic acids is 1. The lowest BCUT2D eigenvalue weighted by molar-refractivity contribution is -0.112. The molecule has 4 aromatic rings. The molecule has 0 fully saturated rings. The molecule has 0 atom stereocenters. The van der Waals surface area contributed by atoms with Gasteiger partial charge in [0.25, 0.3) is 5.91 Å². The lowest BCUT2D eigenvalue weighted by atomic mass is 10.1. The number of nitriles is 1. The molecular formula is C30H20BrCl3N2O3. The maximum Gasteiger partial charge on any atom is 0.266 e. The molecule has 9 heteroatoms. The van der Waals surface area contributed by atoms with Gasteiger partial charge < -0.3 is 14.8 Å². The fraction of sp³-hybridized carbons (Fsp3) is 0.0667. The summed E-state index contributed by atoms with van der Waals surface area (Å²) in [6, 6.07) is 26.8. The van der Waals surface area contributed by atoms with Crippen molar-refractivity contribution in [2.45, 2.75) is 13.2 Å². The summed E-state index contributed by atoms with van der Waals surface area (Å²) in [4.78, 5) is 12.7. The summed E-state index contributed by atoms with van der Waals surface area (Å²) in [6.07, 6.45) is 1.51. The van der Waals surface area contributed by atoms with Crippen LogP contribution in [-0.4, -0.2) is 5.91 Å². The average molecular weight is 643 g/mol. The van der Waals surface area contributed by atoms with E-state index in [4.69, 9.17) is 44.3 Å². The number of hydrogen-bond acceptors (Lipinski definition) is 4. The van der Waals surface area contributed by atoms with Crippen LogP contribution in [0.1, 0.15) is 16.7 Å². The SMILES string of the molecule is N#C/C(=C\c1ccc(OCc2ccc(Cl)c(Cl)c2)c(Br)c1)C(=O)Nc1ccc(OCc2ccc(Cl)cc2)cc1. The summed E-state index contributed by atoms with van der Waals surface area (Å²) in [5.74, 6) is 0.716. The van der Waals surface area contributed by atoms with Crippen LogP contribution >= 0.6 is 50.7 Å². The highest BCUT2D eigenvalue weighted by molar-refractivity contribution is 9.10. The predicted octanol–water partition coefficient (Wildman–Crippen LogP) is 9.11. The fourth-order valence-electron chi connectivity index (χ4n) is 3.41. The van der Waals surface area contributed by atoms with Crippen LogP contribution in [0.25, 0.3) is 6.08 Å². The van der Waals surface area contributed by atoms with Crippen molar-refractivity contribution in [3.63, 3.8) is 0 Å². The Labute approximate surface area is 249 Å². The fourth-order valence-corrected chi connectivity index (χ4v) is 4.37. The minimum absolute atomic E-state index is 0.0468. The average Bonchev–Trinajstić information content (AvgIpc) is 2.93. The highest BCUT2D eigenvalue weighted by atomic mass is 79.9. The zero-order valence-electron chi connectivity index (χ0n) is 20.3. The van der Waals surface area contributed by atoms with E-state index < -0.39 is 5.91 Å². The van der Waals surface area contributed by atoms with Crippen molar-refractivity contribution in [1.82, 2.24) is 0 Å². The number of rotatable bonds is 9. The first kappa shape index (κ1) is 28.5. The summed E-state index contributed by atoms with van der Waals surface area (Å²) >= 11 is 21.4. The Kier molecular flexibility index (Phi) is 9.91. The molecule has 4 aromatic carbocycles. The molecule has 0 aliphatic rings. The Hall–Kier alpha value is -3.47. The number of anilines is 1. The van der Waals surface area contributed by atoms with E-state index in [0.29, 0.717) is 55.5 Å². The summed E-state index contributed by atoms with van der Waals surface area (Å²) in [5.41, 5.74) is 2.99. The van der Waals surface area contributed by atoms with Gasteiger partial charge in [-0.05, 0) is 99.4 Å². The topological polar surface area (TPSA) is 71.3 Å². The Bertz CT molecular complexity index is 1550. The predicted molar refractivity (Wildman–Crippen MR) is 159 cm³/mol. The van der Waals surface area contributed by atoms with Gasteiger partial charge in [-0.25, -0.2) is 0 Å². The van der Waals surface area contributed by atoms with Gasteiger partial charge in [0.15, 0.2) is 0 Å². The number of hydrogen-bond donors (Lipinski definition) is 1. The number of carbonyl (C=O) groups is 1. The molecular weight excluding hydrogens is 623 g/mol. The maximum atomic E-state index is 12.7. The van der Waals surface area contributed by atoms with E-state index in [-0.39, 0.29) is 5.57 Å². The first-order valence-corrected chi connectivity index (χ1v) is 13.5. The standard InChI is InChI=1S/C30H20BrCl3N2O3/c31-26-14-20(4-12-29(26)39-18-21-3-11-27(33)28(34)15-21)13-22(16-35)30(37)36-24-7-9-25(10-8-24)38-17-19-1-5-23(32)6-2-19/h1-15H,17-18H2,(H,36,37)/b22-13+. The van der Waals surface area contributed by atoms with Crippen molar-refractivity contribution < 1.29 is 14.3 Å². The van der Waals surface area contributed by atoms with Gasteiger partial charge in [-0.2, -0.15) is 5.26 Å². The first-order chi connectivity index (χ1) is 18.8. The molecule has 5 nitrogen and oxygen atoms in total. The van der Waals surface area contributed by atoms with Crippen molar-refractivity contribution in [2.24, 2.45) is 0 Å². The molecule has 0 heterocycles. The molecule has 0 aliphatic carbocycles. The van der Waals surface area contributed by atoms with Crippen molar-refractivity contribution in [3.8, 4) is 17.6 Å². The normalized spacial score (nSPS) is 11.0. The Morgan fingerprint density at radius 2 is 1.54 bits per heavy atom. The lowest BCUT2D eigenvalue weighted by Crippen LogP contribution is -2.13. The van der Waals surface area contributed by atoms with Gasteiger partial charge in [-0.1, -0.05) is 59.1 Å². The number of benzene rings is 4. The van der Waals surface area contributed by atoms with Crippen molar-refractivity contribution >= 4 is 68.4 Å². The second-order valence-corrected chi connectivity index (χ2v) is 10.4. The van der Waals surface area contributed by atoms with Gasteiger partial charge in [-0.3, -0.25) is 4.79 Å². The number of nitrogens with zero attached hydrogens (tertiary/aromatic N) is 1. The van der Waals surface area contributed by atoms with Gasteiger partial charge in [0, 0.05) is 10.7 Å². The van der Waals surface area contributed by atoms with Crippen molar-refractivity contribution in [3.05, 3.63) is 127 Å². The molecule has 4 rings (SSSR count). The third-order valence-corrected chi connectivity index (χ3v) is 7.05. The lowest BCUT2D eigenvalue weighted by Gasteiger charge is -2.10. The molecule has 1 amide bonds. The van der Waals surface area contributed by atoms with Gasteiger partial charge in [-0.15, -0.1) is 0 Å². The quantitative estimate of drug-likeness (QED) is 0.146. The molecule has 0 radical (unpaired) electrons. The number of ether oxygens (including phenoxy) is 2. The molecule has 0 aliphatic heterocycles. The third-order valence-electron chi connectivity index (χ3n) is 5.44. The second-order valence-electron chi connectivity index (χ2n) is 8.29. The monoisotopic (exact) mass is 640 g/mol. The molecule has 0 bridgehead atoms. The Balaban J connectivity index is 1.35. The Morgan fingerprint density at radius 1 is 0.846 bits per heavy atom. The van der Waals surface area contributed by atoms with Gasteiger partial charge in [0.2, 0.25) is 0 Å². The maximum absolute atomic E-state index is 12.7. The van der Waals surface area contributed by atoms with Crippen molar-refractivity contribution in [1.29, 1.82) is 5.26 Å². The molecule has 1 N–H and O–H groups in total. The molecule has 39 heavy (non-hydrogen) atoms. The zero-order chi connectivity index (χ0) is 27.8. The summed E-state index contributed by atoms with van der Waals surface area (Å²) in [5, 5.41) is 13.9. The highest BCUT2D eigenvalue weighted by Gasteiger charge is 2.11. The highest BCUT2D eigenvalue weighted by Crippen LogP contribution is 2.29. The third kappa shape index (κ3) is 8.26. The minimum Gasteiger partial charge on any atom is -0.489 e. The van der Waals surface area contributed by atoms with E-state index >= 15 is 0 Å². The van der Waals surface area contributed by atoms with Crippen molar-refractivity contribution in [2.75, 3.05) is 5.32 Å². The van der Waals surface area contributed by atoms with E-state index in [0.717, 1.165) is 11.1 Å². The van der Waals surface area contributed by atoms with Crippen LogP contribution in [0, 0.1) is 11.3 Å². The molecule has 0 aromatic heterocycles. The number of amides is 1. The van der Waals surface area contributed by atoms with Crippen LogP contribution in [0.15, 0.2) is 95.0 Å². The van der Waals surface area contributed by atoms with E-state index in [2.05, 4.69) is 21.2 Å². The van der Waals surface area contributed by atoms with Crippen LogP contribution in [0.4, 0.5) is 5.69 Å². The van der Waals surface area contributed by atoms with Gasteiger partial charge >= 0.3 is 0 Å². The van der Waals surface area contributed by atoms with Crippen LogP contribution in [0.5, 0.6) is 11.5 Å². The van der Waals surface area contributed by atoms with Crippen LogP contribution in [0.2, 0.25) is 15.1 Å². The van der Waals surface area contributed by atoms with E-state index in [9.17, 15) is 10.1 Å². The molecule has 0 unspecified atom stereocenters. The van der Waals surface area contributed by atoms with Gasteiger partial charge in [0.05, 0.1) is 14.5 Å². The van der Waals surface area contributed by atoms with Gasteiger partial charge in [0.1, 0.15) is 36.4 Å². The van der Waals surface area contributed by atoms with Crippen LogP contribution in [0.3, 0.4) is 0 Å².